The summed E-state index contributed by atoms with van der Waals surface area (Å²) >= 11 is 0. The predicted octanol–water partition coefficient (Wildman–Crippen LogP) is 0.927. The number of H-pyrrole nitrogens is 1. The van der Waals surface area contributed by atoms with Crippen LogP contribution in [0.2, 0.25) is 0 Å². The van der Waals surface area contributed by atoms with E-state index in [9.17, 15) is 14.7 Å². The molecule has 2 aromatic rings. The standard InChI is InChI=1S/C14H16N4O3/c19-12(11-3-1-6-15-11)17-9-4-14(5-10-17,13(20)21)18-8-2-7-16-18/h1-3,6-8,15H,4-5,9-10H2,(H,20,21). The summed E-state index contributed by atoms with van der Waals surface area (Å²) in [7, 11) is 0. The van der Waals surface area contributed by atoms with Gasteiger partial charge < -0.3 is 15.0 Å². The maximum atomic E-state index is 12.3. The maximum absolute atomic E-state index is 12.3. The number of likely N-dealkylation sites (tertiary alicyclic amines) is 1. The lowest BCUT2D eigenvalue weighted by Gasteiger charge is -2.38. The number of amides is 1. The van der Waals surface area contributed by atoms with Crippen molar-refractivity contribution < 1.29 is 14.7 Å². The van der Waals surface area contributed by atoms with Gasteiger partial charge in [0.1, 0.15) is 5.69 Å². The SMILES string of the molecule is O=C(c1ccc[nH]1)N1CCC(C(=O)O)(n2cccn2)CC1. The predicted molar refractivity (Wildman–Crippen MR) is 73.8 cm³/mol. The molecule has 2 aromatic heterocycles. The van der Waals surface area contributed by atoms with Crippen LogP contribution in [0.1, 0.15) is 23.3 Å². The fourth-order valence-corrected chi connectivity index (χ4v) is 2.78. The second kappa shape index (κ2) is 5.08. The number of aromatic amines is 1. The van der Waals surface area contributed by atoms with Crippen molar-refractivity contribution in [2.45, 2.75) is 18.4 Å². The van der Waals surface area contributed by atoms with Crippen LogP contribution in [-0.4, -0.2) is 49.7 Å². The number of hydrogen-bond acceptors (Lipinski definition) is 3. The number of rotatable bonds is 3. The topological polar surface area (TPSA) is 91.2 Å². The normalized spacial score (nSPS) is 17.6. The minimum atomic E-state index is -1.06. The Morgan fingerprint density at radius 2 is 2.05 bits per heavy atom. The number of piperidine rings is 1. The van der Waals surface area contributed by atoms with Crippen molar-refractivity contribution in [2.75, 3.05) is 13.1 Å². The number of carbonyl (C=O) groups excluding carboxylic acids is 1. The van der Waals surface area contributed by atoms with E-state index in [0.29, 0.717) is 31.6 Å². The number of nitrogens with zero attached hydrogens (tertiary/aromatic N) is 3. The summed E-state index contributed by atoms with van der Waals surface area (Å²) < 4.78 is 1.49. The van der Waals surface area contributed by atoms with Crippen LogP contribution in [0.5, 0.6) is 0 Å². The summed E-state index contributed by atoms with van der Waals surface area (Å²) in [5.74, 6) is -1.00. The molecular formula is C14H16N4O3. The molecule has 0 unspecified atom stereocenters. The molecule has 0 spiro atoms. The molecule has 1 aliphatic rings. The van der Waals surface area contributed by atoms with Gasteiger partial charge in [0, 0.05) is 44.5 Å². The molecule has 21 heavy (non-hydrogen) atoms. The van der Waals surface area contributed by atoms with Crippen LogP contribution >= 0.6 is 0 Å². The molecule has 1 fully saturated rings. The largest absolute Gasteiger partial charge is 0.479 e. The quantitative estimate of drug-likeness (QED) is 0.879. The van der Waals surface area contributed by atoms with E-state index in [0.717, 1.165) is 0 Å². The number of carboxylic acids is 1. The van der Waals surface area contributed by atoms with Crippen molar-refractivity contribution in [3.63, 3.8) is 0 Å². The Kier molecular flexibility index (Phi) is 3.25. The second-order valence-corrected chi connectivity index (χ2v) is 5.16. The molecule has 1 amide bonds. The van der Waals surface area contributed by atoms with E-state index >= 15 is 0 Å². The number of hydrogen-bond donors (Lipinski definition) is 2. The molecule has 2 N–H and O–H groups in total. The van der Waals surface area contributed by atoms with Gasteiger partial charge in [0.05, 0.1) is 0 Å². The Morgan fingerprint density at radius 3 is 2.57 bits per heavy atom. The average molecular weight is 288 g/mol. The van der Waals surface area contributed by atoms with E-state index in [1.165, 1.54) is 4.68 Å². The van der Waals surface area contributed by atoms with Gasteiger partial charge in [-0.3, -0.25) is 9.48 Å². The highest BCUT2D eigenvalue weighted by atomic mass is 16.4. The van der Waals surface area contributed by atoms with E-state index < -0.39 is 11.5 Å². The minimum Gasteiger partial charge on any atom is -0.479 e. The molecule has 7 heteroatoms. The van der Waals surface area contributed by atoms with Gasteiger partial charge in [-0.15, -0.1) is 0 Å². The van der Waals surface area contributed by atoms with Crippen molar-refractivity contribution in [1.29, 1.82) is 0 Å². The van der Waals surface area contributed by atoms with Gasteiger partial charge in [-0.05, 0) is 18.2 Å². The molecule has 110 valence electrons. The van der Waals surface area contributed by atoms with Gasteiger partial charge in [0.2, 0.25) is 0 Å². The van der Waals surface area contributed by atoms with Gasteiger partial charge >= 0.3 is 5.97 Å². The smallest absolute Gasteiger partial charge is 0.331 e. The first-order valence-corrected chi connectivity index (χ1v) is 6.80. The third-order valence-electron chi connectivity index (χ3n) is 4.05. The van der Waals surface area contributed by atoms with Crippen molar-refractivity contribution in [3.8, 4) is 0 Å². The van der Waals surface area contributed by atoms with Gasteiger partial charge in [0.15, 0.2) is 5.54 Å². The monoisotopic (exact) mass is 288 g/mol. The molecule has 0 aliphatic carbocycles. The second-order valence-electron chi connectivity index (χ2n) is 5.16. The Labute approximate surface area is 121 Å². The summed E-state index contributed by atoms with van der Waals surface area (Å²) in [6, 6.07) is 5.19. The Bertz CT molecular complexity index is 625. The Morgan fingerprint density at radius 1 is 1.29 bits per heavy atom. The summed E-state index contributed by atoms with van der Waals surface area (Å²) in [4.78, 5) is 28.5. The van der Waals surface area contributed by atoms with E-state index in [4.69, 9.17) is 0 Å². The third-order valence-corrected chi connectivity index (χ3v) is 4.05. The van der Waals surface area contributed by atoms with Gasteiger partial charge in [0.25, 0.3) is 5.91 Å². The van der Waals surface area contributed by atoms with E-state index in [1.54, 1.807) is 41.7 Å². The maximum Gasteiger partial charge on any atom is 0.331 e. The highest BCUT2D eigenvalue weighted by molar-refractivity contribution is 5.92. The lowest BCUT2D eigenvalue weighted by atomic mass is 9.87. The van der Waals surface area contributed by atoms with Crippen molar-refractivity contribution in [3.05, 3.63) is 42.5 Å². The number of carbonyl (C=O) groups is 2. The number of carboxylic acid groups (broad SMARTS) is 1. The average Bonchev–Trinajstić information content (AvgIpc) is 3.19. The lowest BCUT2D eigenvalue weighted by Crippen LogP contribution is -2.52. The summed E-state index contributed by atoms with van der Waals surface area (Å²) in [5.41, 5.74) is -0.535. The van der Waals surface area contributed by atoms with Gasteiger partial charge in [-0.2, -0.15) is 5.10 Å². The fraction of sp³-hybridized carbons (Fsp3) is 0.357. The van der Waals surface area contributed by atoms with Crippen molar-refractivity contribution >= 4 is 11.9 Å². The molecule has 3 heterocycles. The fourth-order valence-electron chi connectivity index (χ4n) is 2.78. The molecule has 0 atom stereocenters. The molecule has 1 saturated heterocycles. The van der Waals surface area contributed by atoms with Crippen LogP contribution in [0.4, 0.5) is 0 Å². The summed E-state index contributed by atoms with van der Waals surface area (Å²) in [6.45, 7) is 0.786. The third kappa shape index (κ3) is 2.20. The number of aliphatic carboxylic acids is 1. The van der Waals surface area contributed by atoms with E-state index in [2.05, 4.69) is 10.1 Å². The zero-order valence-corrected chi connectivity index (χ0v) is 11.4. The zero-order valence-electron chi connectivity index (χ0n) is 11.4. The first-order chi connectivity index (χ1) is 10.1. The molecule has 0 bridgehead atoms. The summed E-state index contributed by atoms with van der Waals surface area (Å²) in [6.07, 6.45) is 5.62. The summed E-state index contributed by atoms with van der Waals surface area (Å²) in [5, 5.41) is 13.7. The molecule has 0 saturated carbocycles. The van der Waals surface area contributed by atoms with Crippen LogP contribution in [0.3, 0.4) is 0 Å². The minimum absolute atomic E-state index is 0.0977. The van der Waals surface area contributed by atoms with Crippen molar-refractivity contribution in [1.82, 2.24) is 19.7 Å². The van der Waals surface area contributed by atoms with Crippen LogP contribution in [0.15, 0.2) is 36.8 Å². The first-order valence-electron chi connectivity index (χ1n) is 6.80. The molecular weight excluding hydrogens is 272 g/mol. The first kappa shape index (κ1) is 13.4. The molecule has 7 nitrogen and oxygen atoms in total. The van der Waals surface area contributed by atoms with Crippen LogP contribution < -0.4 is 0 Å². The highest BCUT2D eigenvalue weighted by Gasteiger charge is 2.44. The van der Waals surface area contributed by atoms with E-state index in [1.807, 2.05) is 0 Å². The number of aromatic nitrogens is 3. The molecule has 0 aromatic carbocycles. The van der Waals surface area contributed by atoms with Crippen LogP contribution in [-0.2, 0) is 10.3 Å². The van der Waals surface area contributed by atoms with Gasteiger partial charge in [-0.25, -0.2) is 4.79 Å². The molecule has 0 radical (unpaired) electrons. The van der Waals surface area contributed by atoms with Crippen LogP contribution in [0.25, 0.3) is 0 Å². The van der Waals surface area contributed by atoms with Gasteiger partial charge in [-0.1, -0.05) is 0 Å². The Hall–Kier alpha value is -2.57. The van der Waals surface area contributed by atoms with Crippen LogP contribution in [0, 0.1) is 0 Å². The molecule has 3 rings (SSSR count). The van der Waals surface area contributed by atoms with E-state index in [-0.39, 0.29) is 5.91 Å². The zero-order chi connectivity index (χ0) is 14.9. The lowest BCUT2D eigenvalue weighted by molar-refractivity contribution is -0.150. The molecule has 1 aliphatic heterocycles. The Balaban J connectivity index is 1.77. The highest BCUT2D eigenvalue weighted by Crippen LogP contribution is 2.30. The number of nitrogens with one attached hydrogen (secondary N) is 1. The van der Waals surface area contributed by atoms with Crippen molar-refractivity contribution in [2.24, 2.45) is 0 Å².